The van der Waals surface area contributed by atoms with Crippen molar-refractivity contribution in [3.8, 4) is 11.8 Å². The molecule has 0 saturated heterocycles. The Bertz CT molecular complexity index is 633. The molecule has 1 aromatic carbocycles. The van der Waals surface area contributed by atoms with Crippen molar-refractivity contribution >= 4 is 9.84 Å². The van der Waals surface area contributed by atoms with E-state index in [1.54, 1.807) is 13.0 Å². The summed E-state index contributed by atoms with van der Waals surface area (Å²) in [5.74, 6) is -0.859. The Kier molecular flexibility index (Phi) is 5.61. The Labute approximate surface area is 121 Å². The van der Waals surface area contributed by atoms with Gasteiger partial charge in [-0.1, -0.05) is 6.92 Å². The lowest BCUT2D eigenvalue weighted by molar-refractivity contribution is -0.138. The van der Waals surface area contributed by atoms with Gasteiger partial charge in [-0.3, -0.25) is 0 Å². The van der Waals surface area contributed by atoms with Gasteiger partial charge in [0.15, 0.2) is 9.84 Å². The number of hydrogen-bond acceptors (Lipinski definition) is 4. The molecule has 0 aliphatic carbocycles. The Morgan fingerprint density at radius 3 is 2.48 bits per heavy atom. The van der Waals surface area contributed by atoms with Crippen LogP contribution >= 0.6 is 0 Å². The summed E-state index contributed by atoms with van der Waals surface area (Å²) in [4.78, 5) is 0. The van der Waals surface area contributed by atoms with E-state index in [-0.39, 0.29) is 23.7 Å². The van der Waals surface area contributed by atoms with Crippen molar-refractivity contribution in [1.82, 2.24) is 0 Å². The first-order valence-electron chi connectivity index (χ1n) is 6.14. The lowest BCUT2D eigenvalue weighted by Crippen LogP contribution is -2.18. The lowest BCUT2D eigenvalue weighted by atomic mass is 10.1. The van der Waals surface area contributed by atoms with Crippen molar-refractivity contribution in [3.05, 3.63) is 29.3 Å². The molecule has 1 aromatic rings. The van der Waals surface area contributed by atoms with Crippen molar-refractivity contribution in [2.24, 2.45) is 0 Å². The van der Waals surface area contributed by atoms with Crippen LogP contribution in [0.1, 0.15) is 24.5 Å². The first kappa shape index (κ1) is 17.3. The van der Waals surface area contributed by atoms with Gasteiger partial charge in [-0.2, -0.15) is 18.4 Å². The Balaban J connectivity index is 2.87. The van der Waals surface area contributed by atoms with Gasteiger partial charge in [0.1, 0.15) is 12.4 Å². The average molecular weight is 321 g/mol. The summed E-state index contributed by atoms with van der Waals surface area (Å²) in [7, 11) is -3.32. The highest BCUT2D eigenvalue weighted by molar-refractivity contribution is 7.91. The van der Waals surface area contributed by atoms with E-state index in [1.807, 2.05) is 0 Å². The van der Waals surface area contributed by atoms with Gasteiger partial charge in [0, 0.05) is 0 Å². The molecular weight excluding hydrogens is 307 g/mol. The van der Waals surface area contributed by atoms with Gasteiger partial charge in [0.25, 0.3) is 0 Å². The Morgan fingerprint density at radius 2 is 1.95 bits per heavy atom. The van der Waals surface area contributed by atoms with Crippen molar-refractivity contribution in [1.29, 1.82) is 5.26 Å². The molecule has 0 spiro atoms. The van der Waals surface area contributed by atoms with Crippen LogP contribution in [-0.2, 0) is 16.0 Å². The molecule has 4 nitrogen and oxygen atoms in total. The van der Waals surface area contributed by atoms with E-state index in [1.165, 1.54) is 6.07 Å². The van der Waals surface area contributed by atoms with Crippen LogP contribution in [0.2, 0.25) is 0 Å². The first-order chi connectivity index (χ1) is 9.69. The molecule has 0 heterocycles. The summed E-state index contributed by atoms with van der Waals surface area (Å²) >= 11 is 0. The normalized spacial score (nSPS) is 12.0. The fourth-order valence-electron chi connectivity index (χ4n) is 1.64. The predicted octanol–water partition coefficient (Wildman–Crippen LogP) is 2.78. The second kappa shape index (κ2) is 6.80. The molecule has 0 aliphatic heterocycles. The summed E-state index contributed by atoms with van der Waals surface area (Å²) in [6, 6.07) is 4.50. The molecule has 8 heteroatoms. The van der Waals surface area contributed by atoms with E-state index in [2.05, 4.69) is 0 Å². The molecule has 0 saturated carbocycles. The van der Waals surface area contributed by atoms with Gasteiger partial charge in [-0.15, -0.1) is 0 Å². The zero-order chi connectivity index (χ0) is 16.1. The Morgan fingerprint density at radius 1 is 1.29 bits per heavy atom. The predicted molar refractivity (Wildman–Crippen MR) is 70.6 cm³/mol. The van der Waals surface area contributed by atoms with Crippen LogP contribution < -0.4 is 4.74 Å². The van der Waals surface area contributed by atoms with Crippen LogP contribution in [0.5, 0.6) is 5.75 Å². The summed E-state index contributed by atoms with van der Waals surface area (Å²) in [5, 5.41) is 8.62. The molecule has 0 unspecified atom stereocenters. The molecule has 0 fully saturated rings. The van der Waals surface area contributed by atoms with Gasteiger partial charge in [0.05, 0.1) is 28.7 Å². The molecule has 21 heavy (non-hydrogen) atoms. The lowest BCUT2D eigenvalue weighted by Gasteiger charge is -2.14. The maximum atomic E-state index is 12.8. The monoisotopic (exact) mass is 321 g/mol. The highest BCUT2D eigenvalue weighted by atomic mass is 32.2. The highest BCUT2D eigenvalue weighted by Gasteiger charge is 2.34. The maximum absolute atomic E-state index is 12.8. The van der Waals surface area contributed by atoms with Gasteiger partial charge in [0.2, 0.25) is 0 Å². The van der Waals surface area contributed by atoms with Crippen molar-refractivity contribution in [3.63, 3.8) is 0 Å². The number of alkyl halides is 3. The zero-order valence-corrected chi connectivity index (χ0v) is 12.1. The summed E-state index contributed by atoms with van der Waals surface area (Å²) in [6.45, 7) is 1.33. The number of nitrogens with zero attached hydrogens (tertiary/aromatic N) is 1. The van der Waals surface area contributed by atoms with Crippen LogP contribution in [0.15, 0.2) is 18.2 Å². The van der Waals surface area contributed by atoms with Gasteiger partial charge in [-0.25, -0.2) is 8.42 Å². The van der Waals surface area contributed by atoms with E-state index in [0.29, 0.717) is 12.5 Å². The third kappa shape index (κ3) is 5.27. The number of ether oxygens (including phenoxy) is 1. The van der Waals surface area contributed by atoms with Crippen LogP contribution in [0.4, 0.5) is 13.2 Å². The minimum absolute atomic E-state index is 0.0319. The molecule has 116 valence electrons. The average Bonchev–Trinajstić information content (AvgIpc) is 2.37. The summed E-state index contributed by atoms with van der Waals surface area (Å²) in [6.07, 6.45) is -4.24. The molecule has 0 aromatic heterocycles. The smallest absolute Gasteiger partial charge is 0.420 e. The van der Waals surface area contributed by atoms with Crippen LogP contribution in [0.3, 0.4) is 0 Å². The van der Waals surface area contributed by atoms with E-state index in [0.717, 1.165) is 6.07 Å². The van der Waals surface area contributed by atoms with Gasteiger partial charge in [-0.05, 0) is 24.6 Å². The second-order valence-electron chi connectivity index (χ2n) is 4.32. The van der Waals surface area contributed by atoms with E-state index < -0.39 is 27.3 Å². The standard InChI is InChI=1S/C13H14F3NO3S/c1-2-6-21(18,19)7-5-20-12-4-3-10(9-17)8-11(12)13(14,15)16/h3-4,8H,2,5-7H2,1H3. The first-order valence-corrected chi connectivity index (χ1v) is 7.96. The fourth-order valence-corrected chi connectivity index (χ4v) is 2.80. The van der Waals surface area contributed by atoms with Crippen LogP contribution in [-0.4, -0.2) is 26.5 Å². The maximum Gasteiger partial charge on any atom is 0.420 e. The fraction of sp³-hybridized carbons (Fsp3) is 0.462. The number of sulfone groups is 1. The largest absolute Gasteiger partial charge is 0.492 e. The third-order valence-corrected chi connectivity index (χ3v) is 4.40. The van der Waals surface area contributed by atoms with Crippen molar-refractivity contribution in [2.75, 3.05) is 18.1 Å². The summed E-state index contributed by atoms with van der Waals surface area (Å²) < 4.78 is 66.4. The number of halogens is 3. The highest BCUT2D eigenvalue weighted by Crippen LogP contribution is 2.36. The van der Waals surface area contributed by atoms with Gasteiger partial charge >= 0.3 is 6.18 Å². The van der Waals surface area contributed by atoms with E-state index in [9.17, 15) is 21.6 Å². The molecule has 0 aliphatic rings. The molecule has 0 amide bonds. The topological polar surface area (TPSA) is 67.2 Å². The molecule has 0 N–H and O–H groups in total. The number of benzene rings is 1. The molecule has 1 rings (SSSR count). The number of rotatable bonds is 6. The number of hydrogen-bond donors (Lipinski definition) is 0. The zero-order valence-electron chi connectivity index (χ0n) is 11.3. The van der Waals surface area contributed by atoms with Crippen molar-refractivity contribution < 1.29 is 26.3 Å². The van der Waals surface area contributed by atoms with E-state index in [4.69, 9.17) is 10.00 Å². The molecule has 0 bridgehead atoms. The Hall–Kier alpha value is -1.75. The molecular formula is C13H14F3NO3S. The molecule has 0 radical (unpaired) electrons. The quantitative estimate of drug-likeness (QED) is 0.808. The third-order valence-electron chi connectivity index (χ3n) is 2.58. The van der Waals surface area contributed by atoms with E-state index >= 15 is 0 Å². The van der Waals surface area contributed by atoms with Crippen molar-refractivity contribution in [2.45, 2.75) is 19.5 Å². The number of nitriles is 1. The second-order valence-corrected chi connectivity index (χ2v) is 6.62. The van der Waals surface area contributed by atoms with Gasteiger partial charge < -0.3 is 4.74 Å². The van der Waals surface area contributed by atoms with Crippen LogP contribution in [0, 0.1) is 11.3 Å². The molecule has 0 atom stereocenters. The minimum Gasteiger partial charge on any atom is -0.492 e. The van der Waals surface area contributed by atoms with Crippen LogP contribution in [0.25, 0.3) is 0 Å². The SMILES string of the molecule is CCCS(=O)(=O)CCOc1ccc(C#N)cc1C(F)(F)F. The minimum atomic E-state index is -4.68. The summed E-state index contributed by atoms with van der Waals surface area (Å²) in [5.41, 5.74) is -1.23.